The molecule has 0 radical (unpaired) electrons. The third-order valence-corrected chi connectivity index (χ3v) is 8.61. The molecule has 2 amide bonds. The average Bonchev–Trinajstić information content (AvgIpc) is 3.46. The molecule has 2 atom stereocenters. The number of carbonyl (C=O) groups is 2. The molecule has 0 N–H and O–H groups in total. The summed E-state index contributed by atoms with van der Waals surface area (Å²) in [6, 6.07) is 23.5. The third kappa shape index (κ3) is 4.75. The topological polar surface area (TPSA) is 82.2 Å². The van der Waals surface area contributed by atoms with Crippen molar-refractivity contribution in [3.63, 3.8) is 0 Å². The van der Waals surface area contributed by atoms with Gasteiger partial charge in [0, 0.05) is 43.6 Å². The Morgan fingerprint density at radius 1 is 1.05 bits per heavy atom. The number of amides is 2. The van der Waals surface area contributed by atoms with E-state index in [0.717, 1.165) is 46.9 Å². The molecule has 1 spiro atoms. The predicted molar refractivity (Wildman–Crippen MR) is 154 cm³/mol. The monoisotopic (exact) mass is 531 g/mol. The lowest BCUT2D eigenvalue weighted by molar-refractivity contribution is -0.136. The first kappa shape index (κ1) is 25.8. The molecule has 2 heterocycles. The number of carbonyl (C=O) groups excluding carboxylic acids is 2. The molecule has 0 bridgehead atoms. The van der Waals surface area contributed by atoms with Gasteiger partial charge in [0.1, 0.15) is 0 Å². The number of nitrogens with zero attached hydrogens (tertiary/aromatic N) is 5. The van der Waals surface area contributed by atoms with E-state index in [9.17, 15) is 9.59 Å². The highest BCUT2D eigenvalue weighted by Gasteiger charge is 2.61. The average molecular weight is 532 g/mol. The second-order valence-corrected chi connectivity index (χ2v) is 11.1. The maximum atomic E-state index is 13.8. The van der Waals surface area contributed by atoms with Crippen LogP contribution in [0.1, 0.15) is 53.4 Å². The van der Waals surface area contributed by atoms with Crippen LogP contribution in [0.25, 0.3) is 10.8 Å². The summed E-state index contributed by atoms with van der Waals surface area (Å²) in [5.74, 6) is 0.552. The number of hydrogen-bond acceptors (Lipinski definition) is 4. The number of piperazine rings is 1. The predicted octanol–water partition coefficient (Wildman–Crippen LogP) is 5.04. The molecule has 1 aliphatic carbocycles. The number of hydrogen-bond donors (Lipinski definition) is 0. The summed E-state index contributed by atoms with van der Waals surface area (Å²) < 4.78 is 2.00. The summed E-state index contributed by atoms with van der Waals surface area (Å²) in [6.07, 6.45) is 6.85. The van der Waals surface area contributed by atoms with E-state index in [1.807, 2.05) is 64.1 Å². The summed E-state index contributed by atoms with van der Waals surface area (Å²) >= 11 is 0. The van der Waals surface area contributed by atoms with Gasteiger partial charge in [-0.2, -0.15) is 5.26 Å². The summed E-state index contributed by atoms with van der Waals surface area (Å²) in [7, 11) is 0. The molecule has 7 nitrogen and oxygen atoms in total. The highest BCUT2D eigenvalue weighted by atomic mass is 16.2. The third-order valence-electron chi connectivity index (χ3n) is 8.61. The van der Waals surface area contributed by atoms with E-state index in [1.165, 1.54) is 0 Å². The van der Waals surface area contributed by atoms with Gasteiger partial charge >= 0.3 is 0 Å². The van der Waals surface area contributed by atoms with Gasteiger partial charge in [-0.15, -0.1) is 0 Å². The second-order valence-electron chi connectivity index (χ2n) is 11.1. The smallest absolute Gasteiger partial charge is 0.254 e. The summed E-state index contributed by atoms with van der Waals surface area (Å²) in [6.45, 7) is 4.42. The Balaban J connectivity index is 1.20. The number of nitriles is 1. The Labute approximate surface area is 234 Å². The maximum absolute atomic E-state index is 13.8. The maximum Gasteiger partial charge on any atom is 0.254 e. The van der Waals surface area contributed by atoms with Crippen molar-refractivity contribution in [2.75, 3.05) is 19.6 Å². The van der Waals surface area contributed by atoms with Crippen molar-refractivity contribution >= 4 is 22.6 Å². The standard InChI is InChI=1S/C33H33N5O2/c1-2-6-27-18-33(27)22-36(32(40)30-10-5-8-26-7-3-4-9-29(26)30)15-16-38(33)31(39)17-28-20-35-23-37(28)21-25-13-11-24(19-34)12-14-25/h3-5,7-14,20,23,27H,2,6,15-18,21-22H2,1H3. The molecule has 2 unspecified atom stereocenters. The van der Waals surface area contributed by atoms with Crippen LogP contribution in [0.5, 0.6) is 0 Å². The number of benzene rings is 3. The van der Waals surface area contributed by atoms with Crippen molar-refractivity contribution in [3.05, 3.63) is 102 Å². The largest absolute Gasteiger partial charge is 0.334 e. The fourth-order valence-electron chi connectivity index (χ4n) is 6.45. The van der Waals surface area contributed by atoms with Crippen molar-refractivity contribution < 1.29 is 9.59 Å². The first-order valence-corrected chi connectivity index (χ1v) is 14.1. The minimum absolute atomic E-state index is 0.0471. The molecule has 2 fully saturated rings. The van der Waals surface area contributed by atoms with Gasteiger partial charge in [0.2, 0.25) is 5.91 Å². The Kier molecular flexibility index (Phi) is 6.85. The van der Waals surface area contributed by atoms with Crippen LogP contribution in [0.3, 0.4) is 0 Å². The Hall–Kier alpha value is -4.44. The van der Waals surface area contributed by atoms with Gasteiger partial charge in [-0.3, -0.25) is 9.59 Å². The first-order chi connectivity index (χ1) is 19.5. The van der Waals surface area contributed by atoms with Crippen molar-refractivity contribution in [1.82, 2.24) is 19.4 Å². The molecule has 2 aliphatic rings. The highest BCUT2D eigenvalue weighted by molar-refractivity contribution is 6.07. The van der Waals surface area contributed by atoms with Crippen LogP contribution in [0, 0.1) is 17.2 Å². The van der Waals surface area contributed by atoms with E-state index in [4.69, 9.17) is 5.26 Å². The highest BCUT2D eigenvalue weighted by Crippen LogP contribution is 2.53. The molecule has 40 heavy (non-hydrogen) atoms. The molecular formula is C33H33N5O2. The van der Waals surface area contributed by atoms with E-state index >= 15 is 0 Å². The SMILES string of the molecule is CCCC1CC12CN(C(=O)c1cccc3ccccc13)CCN2C(=O)Cc1cncn1Cc1ccc(C#N)cc1. The van der Waals surface area contributed by atoms with Gasteiger partial charge in [0.25, 0.3) is 5.91 Å². The number of aromatic nitrogens is 2. The van der Waals surface area contributed by atoms with Crippen LogP contribution in [0.4, 0.5) is 0 Å². The van der Waals surface area contributed by atoms with Gasteiger partial charge < -0.3 is 14.4 Å². The molecule has 1 saturated heterocycles. The van der Waals surface area contributed by atoms with E-state index in [2.05, 4.69) is 22.9 Å². The summed E-state index contributed by atoms with van der Waals surface area (Å²) in [5, 5.41) is 11.1. The zero-order chi connectivity index (χ0) is 27.7. The molecular weight excluding hydrogens is 498 g/mol. The second kappa shape index (κ2) is 10.6. The zero-order valence-electron chi connectivity index (χ0n) is 22.8. The van der Waals surface area contributed by atoms with Crippen LogP contribution < -0.4 is 0 Å². The molecule has 1 aliphatic heterocycles. The summed E-state index contributed by atoms with van der Waals surface area (Å²) in [4.78, 5) is 36.0. The zero-order valence-corrected chi connectivity index (χ0v) is 22.8. The molecule has 3 aromatic carbocycles. The molecule has 1 saturated carbocycles. The normalized spacial score (nSPS) is 20.1. The first-order valence-electron chi connectivity index (χ1n) is 14.1. The minimum Gasteiger partial charge on any atom is -0.334 e. The van der Waals surface area contributed by atoms with Crippen LogP contribution in [-0.4, -0.2) is 56.3 Å². The summed E-state index contributed by atoms with van der Waals surface area (Å²) in [5.41, 5.74) is 2.98. The van der Waals surface area contributed by atoms with Crippen LogP contribution in [0.15, 0.2) is 79.3 Å². The van der Waals surface area contributed by atoms with Crippen LogP contribution >= 0.6 is 0 Å². The van der Waals surface area contributed by atoms with E-state index in [1.54, 1.807) is 24.7 Å². The lowest BCUT2D eigenvalue weighted by Gasteiger charge is -2.43. The van der Waals surface area contributed by atoms with Gasteiger partial charge in [0.05, 0.1) is 29.9 Å². The quantitative estimate of drug-likeness (QED) is 0.335. The minimum atomic E-state index is -0.288. The molecule has 4 aromatic rings. The fourth-order valence-corrected chi connectivity index (χ4v) is 6.45. The molecule has 7 heteroatoms. The lowest BCUT2D eigenvalue weighted by atomic mass is 10.00. The van der Waals surface area contributed by atoms with Crippen molar-refractivity contribution in [1.29, 1.82) is 5.26 Å². The number of imidazole rings is 1. The lowest BCUT2D eigenvalue weighted by Crippen LogP contribution is -2.59. The van der Waals surface area contributed by atoms with E-state index in [0.29, 0.717) is 37.7 Å². The van der Waals surface area contributed by atoms with E-state index < -0.39 is 0 Å². The van der Waals surface area contributed by atoms with Crippen molar-refractivity contribution in [2.45, 2.75) is 44.7 Å². The van der Waals surface area contributed by atoms with Gasteiger partial charge in [0.15, 0.2) is 0 Å². The number of rotatable bonds is 7. The van der Waals surface area contributed by atoms with Crippen LogP contribution in [-0.2, 0) is 17.8 Å². The molecule has 1 aromatic heterocycles. The van der Waals surface area contributed by atoms with Gasteiger partial charge in [-0.1, -0.05) is 61.9 Å². The van der Waals surface area contributed by atoms with E-state index in [-0.39, 0.29) is 23.8 Å². The van der Waals surface area contributed by atoms with Crippen molar-refractivity contribution in [3.8, 4) is 6.07 Å². The Bertz CT molecular complexity index is 1600. The number of fused-ring (bicyclic) bond motifs is 1. The Morgan fingerprint density at radius 2 is 1.85 bits per heavy atom. The fraction of sp³-hybridized carbons (Fsp3) is 0.333. The molecule has 6 rings (SSSR count). The van der Waals surface area contributed by atoms with Gasteiger partial charge in [-0.25, -0.2) is 4.98 Å². The van der Waals surface area contributed by atoms with Crippen molar-refractivity contribution in [2.24, 2.45) is 5.92 Å². The Morgan fingerprint density at radius 3 is 2.65 bits per heavy atom. The van der Waals surface area contributed by atoms with Crippen LogP contribution in [0.2, 0.25) is 0 Å². The van der Waals surface area contributed by atoms with Gasteiger partial charge in [-0.05, 0) is 53.3 Å². The molecule has 202 valence electrons.